The van der Waals surface area contributed by atoms with Gasteiger partial charge in [0.2, 0.25) is 0 Å². The van der Waals surface area contributed by atoms with Crippen LogP contribution in [-0.2, 0) is 4.79 Å². The summed E-state index contributed by atoms with van der Waals surface area (Å²) >= 11 is 0. The van der Waals surface area contributed by atoms with Gasteiger partial charge in [-0.1, -0.05) is 0 Å². The lowest BCUT2D eigenvalue weighted by Gasteiger charge is -2.33. The van der Waals surface area contributed by atoms with Crippen molar-refractivity contribution in [1.29, 1.82) is 0 Å². The molecule has 0 amide bonds. The molecule has 0 bridgehead atoms. The minimum absolute atomic E-state index is 0.723. The van der Waals surface area contributed by atoms with Crippen LogP contribution >= 0.6 is 0 Å². The quantitative estimate of drug-likeness (QED) is 0.789. The normalized spacial score (nSPS) is 15.1. The molecule has 96 valence electrons. The van der Waals surface area contributed by atoms with E-state index in [9.17, 15) is 39.9 Å². The Morgan fingerprint density at radius 2 is 1.19 bits per heavy atom. The molecule has 10 heteroatoms. The van der Waals surface area contributed by atoms with Gasteiger partial charge in [-0.15, -0.1) is 0 Å². The van der Waals surface area contributed by atoms with Crippen LogP contribution in [0, 0.1) is 0 Å². The van der Waals surface area contributed by atoms with Crippen LogP contribution in [0.15, 0.2) is 0 Å². The molecule has 2 nitrogen and oxygen atoms in total. The molecule has 0 aliphatic heterocycles. The summed E-state index contributed by atoms with van der Waals surface area (Å²) in [4.78, 5) is 9.63. The number of carboxylic acids is 1. The third-order valence-corrected chi connectivity index (χ3v) is 1.61. The fourth-order valence-corrected chi connectivity index (χ4v) is 0.607. The fraction of sp³-hybridized carbons (Fsp3) is 0.833. The molecule has 0 aliphatic carbocycles. The second-order valence-corrected chi connectivity index (χ2v) is 2.92. The van der Waals surface area contributed by atoms with Crippen LogP contribution in [0.5, 0.6) is 0 Å². The standard InChI is InChI=1S/C6H4F8O2/c1-3(7,8)5(11,12)6(13,14)4(9,10)2(15)16/h1H3,(H,15,16). The summed E-state index contributed by atoms with van der Waals surface area (Å²) in [6.07, 6.45) is 0. The monoisotopic (exact) mass is 260 g/mol. The zero-order valence-corrected chi connectivity index (χ0v) is 7.38. The van der Waals surface area contributed by atoms with E-state index in [1.807, 2.05) is 0 Å². The van der Waals surface area contributed by atoms with Gasteiger partial charge in [0.15, 0.2) is 0 Å². The summed E-state index contributed by atoms with van der Waals surface area (Å²) < 4.78 is 97.8. The fourth-order valence-electron chi connectivity index (χ4n) is 0.607. The van der Waals surface area contributed by atoms with Crippen LogP contribution in [0.1, 0.15) is 6.92 Å². The summed E-state index contributed by atoms with van der Waals surface area (Å²) in [6.45, 7) is -0.723. The SMILES string of the molecule is CC(F)(F)C(F)(F)C(F)(F)C(F)(F)C(=O)O. The highest BCUT2D eigenvalue weighted by molar-refractivity contribution is 5.77. The van der Waals surface area contributed by atoms with Crippen molar-refractivity contribution < 1.29 is 45.0 Å². The number of carbonyl (C=O) groups is 1. The average Bonchev–Trinajstić information content (AvgIpc) is 2.00. The lowest BCUT2D eigenvalue weighted by atomic mass is 10.00. The van der Waals surface area contributed by atoms with Crippen LogP contribution in [0.4, 0.5) is 35.1 Å². The number of alkyl halides is 8. The van der Waals surface area contributed by atoms with Gasteiger partial charge in [-0.2, -0.15) is 35.1 Å². The van der Waals surface area contributed by atoms with Crippen molar-refractivity contribution in [2.45, 2.75) is 30.6 Å². The summed E-state index contributed by atoms with van der Waals surface area (Å²) in [5.41, 5.74) is 0. The molecular formula is C6H4F8O2. The van der Waals surface area contributed by atoms with Crippen molar-refractivity contribution in [3.05, 3.63) is 0 Å². The predicted molar refractivity (Wildman–Crippen MR) is 33.1 cm³/mol. The summed E-state index contributed by atoms with van der Waals surface area (Å²) in [6, 6.07) is 0. The first-order valence-electron chi connectivity index (χ1n) is 3.44. The van der Waals surface area contributed by atoms with Crippen molar-refractivity contribution >= 4 is 5.97 Å². The van der Waals surface area contributed by atoms with Crippen molar-refractivity contribution in [3.63, 3.8) is 0 Å². The van der Waals surface area contributed by atoms with Gasteiger partial charge in [-0.05, 0) is 0 Å². The van der Waals surface area contributed by atoms with E-state index in [1.165, 1.54) is 0 Å². The van der Waals surface area contributed by atoms with Gasteiger partial charge >= 0.3 is 29.7 Å². The van der Waals surface area contributed by atoms with E-state index < -0.39 is 36.6 Å². The number of hydrogen-bond acceptors (Lipinski definition) is 1. The number of carboxylic acid groups (broad SMARTS) is 1. The number of halogens is 8. The molecule has 0 saturated heterocycles. The Kier molecular flexibility index (Phi) is 3.22. The molecule has 0 saturated carbocycles. The van der Waals surface area contributed by atoms with E-state index in [1.54, 1.807) is 0 Å². The van der Waals surface area contributed by atoms with Gasteiger partial charge in [-0.25, -0.2) is 4.79 Å². The Morgan fingerprint density at radius 1 is 0.875 bits per heavy atom. The van der Waals surface area contributed by atoms with E-state index in [0.717, 1.165) is 0 Å². The highest BCUT2D eigenvalue weighted by atomic mass is 19.4. The third kappa shape index (κ3) is 1.80. The zero-order chi connectivity index (χ0) is 13.6. The molecule has 0 aliphatic rings. The van der Waals surface area contributed by atoms with Crippen molar-refractivity contribution in [3.8, 4) is 0 Å². The molecule has 0 atom stereocenters. The first-order valence-corrected chi connectivity index (χ1v) is 3.44. The maximum atomic E-state index is 12.4. The van der Waals surface area contributed by atoms with E-state index in [2.05, 4.69) is 0 Å². The largest absolute Gasteiger partial charge is 0.477 e. The molecule has 16 heavy (non-hydrogen) atoms. The summed E-state index contributed by atoms with van der Waals surface area (Å²) in [7, 11) is 0. The minimum Gasteiger partial charge on any atom is -0.477 e. The Morgan fingerprint density at radius 3 is 1.38 bits per heavy atom. The van der Waals surface area contributed by atoms with Crippen LogP contribution in [0.2, 0.25) is 0 Å². The second kappa shape index (κ2) is 3.45. The summed E-state index contributed by atoms with van der Waals surface area (Å²) in [5.74, 6) is -28.7. The molecule has 0 fully saturated rings. The molecule has 0 radical (unpaired) electrons. The van der Waals surface area contributed by atoms with Gasteiger partial charge in [0.25, 0.3) is 0 Å². The molecule has 0 unspecified atom stereocenters. The van der Waals surface area contributed by atoms with E-state index >= 15 is 0 Å². The van der Waals surface area contributed by atoms with Gasteiger partial charge in [0.1, 0.15) is 0 Å². The van der Waals surface area contributed by atoms with Crippen LogP contribution in [0.25, 0.3) is 0 Å². The van der Waals surface area contributed by atoms with Gasteiger partial charge < -0.3 is 5.11 Å². The van der Waals surface area contributed by atoms with Gasteiger partial charge in [0.05, 0.1) is 0 Å². The van der Waals surface area contributed by atoms with Gasteiger partial charge in [0, 0.05) is 6.92 Å². The molecule has 0 rings (SSSR count). The molecule has 0 spiro atoms. The lowest BCUT2D eigenvalue weighted by Crippen LogP contribution is -2.63. The molecule has 0 aromatic heterocycles. The maximum Gasteiger partial charge on any atom is 0.410 e. The molecule has 1 N–H and O–H groups in total. The Bertz CT molecular complexity index is 291. The van der Waals surface area contributed by atoms with Gasteiger partial charge in [-0.3, -0.25) is 0 Å². The smallest absolute Gasteiger partial charge is 0.410 e. The highest BCUT2D eigenvalue weighted by Crippen LogP contribution is 2.52. The third-order valence-electron chi connectivity index (χ3n) is 1.61. The summed E-state index contributed by atoms with van der Waals surface area (Å²) in [5, 5.41) is 7.60. The molecule has 0 aromatic carbocycles. The number of hydrogen-bond donors (Lipinski definition) is 1. The Balaban J connectivity index is 5.62. The molecule has 0 heterocycles. The minimum atomic E-state index is -6.72. The average molecular weight is 260 g/mol. The molecular weight excluding hydrogens is 256 g/mol. The number of rotatable bonds is 4. The van der Waals surface area contributed by atoms with Crippen molar-refractivity contribution in [2.24, 2.45) is 0 Å². The topological polar surface area (TPSA) is 37.3 Å². The van der Waals surface area contributed by atoms with Crippen molar-refractivity contribution in [2.75, 3.05) is 0 Å². The van der Waals surface area contributed by atoms with E-state index in [0.29, 0.717) is 0 Å². The Labute approximate surface area is 82.8 Å². The van der Waals surface area contributed by atoms with E-state index in [4.69, 9.17) is 5.11 Å². The van der Waals surface area contributed by atoms with E-state index in [-0.39, 0.29) is 0 Å². The number of aliphatic carboxylic acids is 1. The van der Waals surface area contributed by atoms with Crippen LogP contribution in [-0.4, -0.2) is 34.8 Å². The Hall–Kier alpha value is -1.09. The highest BCUT2D eigenvalue weighted by Gasteiger charge is 2.81. The maximum absolute atomic E-state index is 12.4. The first kappa shape index (κ1) is 14.9. The second-order valence-electron chi connectivity index (χ2n) is 2.92. The van der Waals surface area contributed by atoms with Crippen LogP contribution < -0.4 is 0 Å². The van der Waals surface area contributed by atoms with Crippen LogP contribution in [0.3, 0.4) is 0 Å². The first-order chi connectivity index (χ1) is 6.69. The predicted octanol–water partition coefficient (Wildman–Crippen LogP) is 2.63. The van der Waals surface area contributed by atoms with Crippen molar-refractivity contribution in [1.82, 2.24) is 0 Å². The zero-order valence-electron chi connectivity index (χ0n) is 7.38. The molecule has 0 aromatic rings. The lowest BCUT2D eigenvalue weighted by molar-refractivity contribution is -0.355.